The van der Waals surface area contributed by atoms with Gasteiger partial charge in [-0.2, -0.15) is 10.5 Å². The van der Waals surface area contributed by atoms with Crippen LogP contribution in [0.25, 0.3) is 0 Å². The molecule has 0 aliphatic heterocycles. The van der Waals surface area contributed by atoms with Crippen LogP contribution >= 0.6 is 11.3 Å². The Morgan fingerprint density at radius 2 is 1.89 bits per heavy atom. The molecule has 2 rings (SSSR count). The number of aliphatic hydroxyl groups is 1. The zero-order chi connectivity index (χ0) is 21.1. The Balaban J connectivity index is 0.000000307. The Bertz CT molecular complexity index is 852. The number of anilines is 3. The Morgan fingerprint density at radius 1 is 1.18 bits per heavy atom. The Morgan fingerprint density at radius 3 is 2.36 bits per heavy atom. The van der Waals surface area contributed by atoms with Crippen molar-refractivity contribution in [2.24, 2.45) is 0 Å². The topological polar surface area (TPSA) is 132 Å². The van der Waals surface area contributed by atoms with Crippen LogP contribution in [0.4, 0.5) is 16.4 Å². The van der Waals surface area contributed by atoms with Crippen LogP contribution in [-0.4, -0.2) is 38.0 Å². The lowest BCUT2D eigenvalue weighted by molar-refractivity contribution is 0.0967. The lowest BCUT2D eigenvalue weighted by Gasteiger charge is -2.23. The molecule has 0 bridgehead atoms. The van der Waals surface area contributed by atoms with Gasteiger partial charge in [0.25, 0.3) is 0 Å². The first-order valence-corrected chi connectivity index (χ1v) is 9.69. The number of nitriles is 2. The number of thiophene rings is 1. The van der Waals surface area contributed by atoms with Gasteiger partial charge in [0.15, 0.2) is 0 Å². The molecule has 8 heteroatoms. The summed E-state index contributed by atoms with van der Waals surface area (Å²) in [5.41, 5.74) is 15.5. The normalized spacial score (nSPS) is 9.79. The van der Waals surface area contributed by atoms with E-state index in [2.05, 4.69) is 17.9 Å². The molecule has 0 atom stereocenters. The van der Waals surface area contributed by atoms with E-state index >= 15 is 0 Å². The zero-order valence-corrected chi connectivity index (χ0v) is 17.3. The van der Waals surface area contributed by atoms with Crippen LogP contribution in [0.5, 0.6) is 0 Å². The minimum Gasteiger partial charge on any atom is -0.399 e. The molecule has 5 N–H and O–H groups in total. The molecule has 1 heterocycles. The first-order valence-electron chi connectivity index (χ1n) is 8.88. The van der Waals surface area contributed by atoms with Crippen LogP contribution < -0.4 is 16.4 Å². The summed E-state index contributed by atoms with van der Waals surface area (Å²) in [7, 11) is 0. The van der Waals surface area contributed by atoms with Gasteiger partial charge in [-0.3, -0.25) is 0 Å². The van der Waals surface area contributed by atoms with Crippen molar-refractivity contribution in [2.45, 2.75) is 20.8 Å². The monoisotopic (exact) mass is 401 g/mol. The SMILES string of the molecule is CCN(CCOCCO)c1ccc(N)c(C)c1.Cc1c(C#N)sc(N)c1C#N. The number of likely N-dealkylation sites (N-methyl/N-ethyl adjacent to an activating group) is 1. The van der Waals surface area contributed by atoms with E-state index in [1.165, 1.54) is 0 Å². The van der Waals surface area contributed by atoms with Crippen molar-refractivity contribution in [3.63, 3.8) is 0 Å². The lowest BCUT2D eigenvalue weighted by Crippen LogP contribution is -2.27. The van der Waals surface area contributed by atoms with Gasteiger partial charge in [0.1, 0.15) is 22.0 Å². The highest BCUT2D eigenvalue weighted by Crippen LogP contribution is 2.28. The van der Waals surface area contributed by atoms with E-state index in [1.807, 2.05) is 31.2 Å². The summed E-state index contributed by atoms with van der Waals surface area (Å²) in [5, 5.41) is 26.2. The fourth-order valence-corrected chi connectivity index (χ4v) is 3.27. The highest BCUT2D eigenvalue weighted by molar-refractivity contribution is 7.16. The summed E-state index contributed by atoms with van der Waals surface area (Å²) in [6.07, 6.45) is 0. The number of rotatable bonds is 7. The van der Waals surface area contributed by atoms with Gasteiger partial charge in [-0.1, -0.05) is 0 Å². The second-order valence-electron chi connectivity index (χ2n) is 5.98. The first kappa shape index (κ1) is 23.3. The summed E-state index contributed by atoms with van der Waals surface area (Å²) < 4.78 is 5.27. The fraction of sp³-hybridized carbons (Fsp3) is 0.400. The Hall–Kier alpha value is -2.78. The van der Waals surface area contributed by atoms with Gasteiger partial charge >= 0.3 is 0 Å². The molecule has 0 aliphatic carbocycles. The molecule has 1 aromatic carbocycles. The van der Waals surface area contributed by atoms with Crippen LogP contribution in [0.2, 0.25) is 0 Å². The number of nitrogen functional groups attached to an aromatic ring is 2. The molecule has 0 aliphatic rings. The van der Waals surface area contributed by atoms with E-state index < -0.39 is 0 Å². The number of ether oxygens (including phenoxy) is 1. The van der Waals surface area contributed by atoms with Crippen LogP contribution in [0, 0.1) is 36.5 Å². The maximum atomic E-state index is 8.62. The molecule has 0 spiro atoms. The summed E-state index contributed by atoms with van der Waals surface area (Å²) in [6.45, 7) is 8.69. The molecule has 150 valence electrons. The van der Waals surface area contributed by atoms with E-state index in [1.54, 1.807) is 6.92 Å². The maximum Gasteiger partial charge on any atom is 0.111 e. The van der Waals surface area contributed by atoms with Crippen molar-refractivity contribution in [3.05, 3.63) is 39.8 Å². The standard InChI is InChI=1S/C13H22N2O2.C7H5N3S/c1-3-15(6-8-17-9-7-16)12-4-5-13(14)11(2)10-12;1-4-5(2-8)7(10)11-6(4)3-9/h4-5,10,16H,3,6-9,14H2,1-2H3;10H2,1H3. The third-order valence-corrected chi connectivity index (χ3v) is 5.15. The van der Waals surface area contributed by atoms with E-state index in [0.717, 1.165) is 41.4 Å². The van der Waals surface area contributed by atoms with E-state index in [9.17, 15) is 0 Å². The van der Waals surface area contributed by atoms with Crippen LogP contribution in [0.15, 0.2) is 18.2 Å². The second-order valence-corrected chi connectivity index (χ2v) is 7.03. The number of hydrogen-bond donors (Lipinski definition) is 3. The van der Waals surface area contributed by atoms with Gasteiger partial charge < -0.3 is 26.2 Å². The van der Waals surface area contributed by atoms with E-state index in [0.29, 0.717) is 34.2 Å². The van der Waals surface area contributed by atoms with Crippen LogP contribution in [-0.2, 0) is 4.74 Å². The maximum absolute atomic E-state index is 8.62. The number of nitrogens with two attached hydrogens (primary N) is 2. The molecule has 0 saturated carbocycles. The smallest absolute Gasteiger partial charge is 0.111 e. The van der Waals surface area contributed by atoms with Crippen molar-refractivity contribution >= 4 is 27.7 Å². The molecule has 0 fully saturated rings. The highest BCUT2D eigenvalue weighted by Gasteiger charge is 2.11. The van der Waals surface area contributed by atoms with Gasteiger partial charge in [0, 0.05) is 24.5 Å². The van der Waals surface area contributed by atoms with Crippen molar-refractivity contribution in [2.75, 3.05) is 49.3 Å². The summed E-state index contributed by atoms with van der Waals surface area (Å²) in [4.78, 5) is 2.75. The summed E-state index contributed by atoms with van der Waals surface area (Å²) in [5.74, 6) is 0. The van der Waals surface area contributed by atoms with Crippen molar-refractivity contribution in [1.82, 2.24) is 0 Å². The second kappa shape index (κ2) is 11.8. The third-order valence-electron chi connectivity index (χ3n) is 4.13. The first-order chi connectivity index (χ1) is 13.4. The lowest BCUT2D eigenvalue weighted by atomic mass is 10.1. The van der Waals surface area contributed by atoms with Gasteiger partial charge in [0.2, 0.25) is 0 Å². The minimum absolute atomic E-state index is 0.0765. The van der Waals surface area contributed by atoms with E-state index in [4.69, 9.17) is 31.8 Å². The fourth-order valence-electron chi connectivity index (χ4n) is 2.45. The molecule has 2 aromatic rings. The predicted molar refractivity (Wildman–Crippen MR) is 114 cm³/mol. The Kier molecular flexibility index (Phi) is 9.83. The molecule has 0 radical (unpaired) electrons. The molecule has 7 nitrogen and oxygen atoms in total. The average Bonchev–Trinajstić information content (AvgIpc) is 2.97. The molecule has 0 amide bonds. The molecular formula is C20H27N5O2S. The quantitative estimate of drug-likeness (QED) is 0.480. The van der Waals surface area contributed by atoms with Crippen LogP contribution in [0.1, 0.15) is 28.5 Å². The molecule has 0 unspecified atom stereocenters. The Labute approximate surface area is 170 Å². The molecule has 1 aromatic heterocycles. The predicted octanol–water partition coefficient (Wildman–Crippen LogP) is 2.79. The van der Waals surface area contributed by atoms with Gasteiger partial charge in [-0.15, -0.1) is 11.3 Å². The van der Waals surface area contributed by atoms with Gasteiger partial charge in [0.05, 0.1) is 25.4 Å². The third kappa shape index (κ3) is 6.43. The number of aliphatic hydroxyl groups excluding tert-OH is 1. The zero-order valence-electron chi connectivity index (χ0n) is 16.5. The number of nitrogens with zero attached hydrogens (tertiary/aromatic N) is 3. The van der Waals surface area contributed by atoms with Crippen molar-refractivity contribution in [3.8, 4) is 12.1 Å². The largest absolute Gasteiger partial charge is 0.399 e. The number of benzene rings is 1. The van der Waals surface area contributed by atoms with Crippen molar-refractivity contribution < 1.29 is 9.84 Å². The summed E-state index contributed by atoms with van der Waals surface area (Å²) >= 11 is 1.16. The number of hydrogen-bond acceptors (Lipinski definition) is 8. The molecule has 0 saturated heterocycles. The van der Waals surface area contributed by atoms with Gasteiger partial charge in [-0.05, 0) is 50.1 Å². The molecule has 28 heavy (non-hydrogen) atoms. The van der Waals surface area contributed by atoms with Crippen molar-refractivity contribution in [1.29, 1.82) is 10.5 Å². The highest BCUT2D eigenvalue weighted by atomic mass is 32.1. The molecular weight excluding hydrogens is 374 g/mol. The summed E-state index contributed by atoms with van der Waals surface area (Å²) in [6, 6.07) is 9.98. The van der Waals surface area contributed by atoms with Crippen LogP contribution in [0.3, 0.4) is 0 Å². The minimum atomic E-state index is 0.0765. The number of aryl methyl sites for hydroxylation is 1. The average molecular weight is 402 g/mol. The van der Waals surface area contributed by atoms with E-state index in [-0.39, 0.29) is 6.61 Å². The van der Waals surface area contributed by atoms with Gasteiger partial charge in [-0.25, -0.2) is 0 Å².